The van der Waals surface area contributed by atoms with Crippen LogP contribution in [0.15, 0.2) is 27.2 Å². The summed E-state index contributed by atoms with van der Waals surface area (Å²) >= 11 is 3.23. The topological polar surface area (TPSA) is 48.2 Å². The predicted molar refractivity (Wildman–Crippen MR) is 64.7 cm³/mol. The first-order valence-electron chi connectivity index (χ1n) is 5.63. The third-order valence-corrected chi connectivity index (χ3v) is 3.28. The molecule has 0 unspecified atom stereocenters. The van der Waals surface area contributed by atoms with E-state index in [9.17, 15) is 4.39 Å². The van der Waals surface area contributed by atoms with Gasteiger partial charge in [-0.3, -0.25) is 0 Å². The van der Waals surface area contributed by atoms with Crippen LogP contribution in [0.3, 0.4) is 0 Å². The summed E-state index contributed by atoms with van der Waals surface area (Å²) in [6, 6.07) is 4.24. The molecule has 0 N–H and O–H groups in total. The molecule has 1 aromatic carbocycles. The second-order valence-corrected chi connectivity index (χ2v) is 5.04. The molecular weight excluding hydrogens is 303 g/mol. The average molecular weight is 313 g/mol. The van der Waals surface area contributed by atoms with Gasteiger partial charge in [-0.2, -0.15) is 4.98 Å². The highest BCUT2D eigenvalue weighted by Crippen LogP contribution is 2.38. The molecular formula is C12H10BrFN2O2. The van der Waals surface area contributed by atoms with Crippen molar-refractivity contribution in [2.45, 2.75) is 25.4 Å². The van der Waals surface area contributed by atoms with E-state index in [1.807, 2.05) is 0 Å². The first kappa shape index (κ1) is 11.6. The maximum atomic E-state index is 12.9. The summed E-state index contributed by atoms with van der Waals surface area (Å²) in [4.78, 5) is 4.24. The minimum atomic E-state index is -0.315. The molecule has 0 bridgehead atoms. The fraction of sp³-hybridized carbons (Fsp3) is 0.333. The largest absolute Gasteiger partial charge is 0.484 e. The van der Waals surface area contributed by atoms with Crippen LogP contribution in [0.4, 0.5) is 4.39 Å². The van der Waals surface area contributed by atoms with Gasteiger partial charge < -0.3 is 9.26 Å². The van der Waals surface area contributed by atoms with Crippen LogP contribution in [0.2, 0.25) is 0 Å². The van der Waals surface area contributed by atoms with E-state index in [4.69, 9.17) is 9.26 Å². The fourth-order valence-electron chi connectivity index (χ4n) is 1.56. The molecule has 4 nitrogen and oxygen atoms in total. The molecule has 18 heavy (non-hydrogen) atoms. The van der Waals surface area contributed by atoms with Crippen molar-refractivity contribution < 1.29 is 13.7 Å². The lowest BCUT2D eigenvalue weighted by molar-refractivity contribution is 0.283. The fourth-order valence-corrected chi connectivity index (χ4v) is 2.02. The van der Waals surface area contributed by atoms with E-state index in [1.54, 1.807) is 6.07 Å². The van der Waals surface area contributed by atoms with E-state index < -0.39 is 0 Å². The molecule has 94 valence electrons. The lowest BCUT2D eigenvalue weighted by Crippen LogP contribution is -1.98. The van der Waals surface area contributed by atoms with Crippen LogP contribution >= 0.6 is 15.9 Å². The van der Waals surface area contributed by atoms with Crippen molar-refractivity contribution in [3.05, 3.63) is 40.2 Å². The number of halogens is 2. The van der Waals surface area contributed by atoms with Crippen molar-refractivity contribution in [1.29, 1.82) is 0 Å². The quantitative estimate of drug-likeness (QED) is 0.868. The molecule has 3 rings (SSSR count). The number of hydrogen-bond acceptors (Lipinski definition) is 4. The summed E-state index contributed by atoms with van der Waals surface area (Å²) in [6.45, 7) is 0.209. The highest BCUT2D eigenvalue weighted by atomic mass is 79.9. The van der Waals surface area contributed by atoms with Crippen molar-refractivity contribution in [3.8, 4) is 5.75 Å². The third-order valence-electron chi connectivity index (χ3n) is 2.66. The lowest BCUT2D eigenvalue weighted by Gasteiger charge is -2.05. The van der Waals surface area contributed by atoms with Gasteiger partial charge in [0.25, 0.3) is 0 Å². The smallest absolute Gasteiger partial charge is 0.229 e. The number of rotatable bonds is 4. The Morgan fingerprint density at radius 1 is 1.44 bits per heavy atom. The monoisotopic (exact) mass is 312 g/mol. The SMILES string of the molecule is Fc1ccc(OCc2noc(C3CC3)n2)c(Br)c1. The molecule has 0 amide bonds. The minimum absolute atomic E-state index is 0.209. The molecule has 1 saturated carbocycles. The van der Waals surface area contributed by atoms with E-state index in [0.717, 1.165) is 12.8 Å². The lowest BCUT2D eigenvalue weighted by atomic mass is 10.3. The van der Waals surface area contributed by atoms with Gasteiger partial charge in [0.1, 0.15) is 11.6 Å². The van der Waals surface area contributed by atoms with Gasteiger partial charge in [-0.15, -0.1) is 0 Å². The van der Waals surface area contributed by atoms with Gasteiger partial charge >= 0.3 is 0 Å². The van der Waals surface area contributed by atoms with Crippen molar-refractivity contribution in [3.63, 3.8) is 0 Å². The molecule has 6 heteroatoms. The molecule has 0 spiro atoms. The maximum Gasteiger partial charge on any atom is 0.229 e. The molecule has 1 aliphatic rings. The molecule has 1 aliphatic carbocycles. The zero-order valence-electron chi connectivity index (χ0n) is 9.40. The number of aromatic nitrogens is 2. The number of nitrogens with zero attached hydrogens (tertiary/aromatic N) is 2. The Morgan fingerprint density at radius 2 is 2.28 bits per heavy atom. The Morgan fingerprint density at radius 3 is 3.00 bits per heavy atom. The standard InChI is InChI=1S/C12H10BrFN2O2/c13-9-5-8(14)3-4-10(9)17-6-11-15-12(18-16-11)7-1-2-7/h3-5,7H,1-2,6H2. The number of benzene rings is 1. The third kappa shape index (κ3) is 2.53. The normalized spacial score (nSPS) is 14.8. The zero-order valence-corrected chi connectivity index (χ0v) is 11.0. The summed E-state index contributed by atoms with van der Waals surface area (Å²) in [5, 5.41) is 3.84. The zero-order chi connectivity index (χ0) is 12.5. The van der Waals surface area contributed by atoms with Crippen molar-refractivity contribution >= 4 is 15.9 Å². The Labute approximate surface area is 111 Å². The molecule has 0 saturated heterocycles. The Kier molecular flexibility index (Phi) is 3.03. The van der Waals surface area contributed by atoms with Crippen LogP contribution in [-0.2, 0) is 6.61 Å². The van der Waals surface area contributed by atoms with E-state index in [1.165, 1.54) is 12.1 Å². The van der Waals surface area contributed by atoms with E-state index >= 15 is 0 Å². The van der Waals surface area contributed by atoms with Crippen LogP contribution < -0.4 is 4.74 Å². The van der Waals surface area contributed by atoms with E-state index in [2.05, 4.69) is 26.1 Å². The number of hydrogen-bond donors (Lipinski definition) is 0. The minimum Gasteiger partial charge on any atom is -0.484 e. The van der Waals surface area contributed by atoms with Crippen LogP contribution in [0.5, 0.6) is 5.75 Å². The summed E-state index contributed by atoms with van der Waals surface area (Å²) in [5.41, 5.74) is 0. The predicted octanol–water partition coefficient (Wildman–Crippen LogP) is 3.43. The van der Waals surface area contributed by atoms with Crippen LogP contribution in [0.25, 0.3) is 0 Å². The first-order valence-corrected chi connectivity index (χ1v) is 6.42. The molecule has 2 aromatic rings. The van der Waals surface area contributed by atoms with Crippen molar-refractivity contribution in [2.24, 2.45) is 0 Å². The van der Waals surface area contributed by atoms with Gasteiger partial charge in [0.15, 0.2) is 6.61 Å². The maximum absolute atomic E-state index is 12.9. The van der Waals surface area contributed by atoms with E-state index in [0.29, 0.717) is 27.9 Å². The summed E-state index contributed by atoms with van der Waals surface area (Å²) in [6.07, 6.45) is 2.23. The van der Waals surface area contributed by atoms with Crippen LogP contribution in [0, 0.1) is 5.82 Å². The summed E-state index contributed by atoms with van der Waals surface area (Å²) in [7, 11) is 0. The van der Waals surface area contributed by atoms with Crippen LogP contribution in [0.1, 0.15) is 30.5 Å². The molecule has 1 heterocycles. The molecule has 1 aromatic heterocycles. The molecule has 0 radical (unpaired) electrons. The van der Waals surface area contributed by atoms with Crippen molar-refractivity contribution in [2.75, 3.05) is 0 Å². The van der Waals surface area contributed by atoms with Gasteiger partial charge in [0.2, 0.25) is 11.7 Å². The highest BCUT2D eigenvalue weighted by molar-refractivity contribution is 9.10. The summed E-state index contributed by atoms with van der Waals surface area (Å²) < 4.78 is 24.1. The first-order chi connectivity index (χ1) is 8.72. The Bertz CT molecular complexity index is 569. The van der Waals surface area contributed by atoms with Crippen molar-refractivity contribution in [1.82, 2.24) is 10.1 Å². The Hall–Kier alpha value is -1.43. The Balaban J connectivity index is 1.65. The van der Waals surface area contributed by atoms with Gasteiger partial charge in [-0.1, -0.05) is 5.16 Å². The van der Waals surface area contributed by atoms with Crippen LogP contribution in [-0.4, -0.2) is 10.1 Å². The van der Waals surface area contributed by atoms with Gasteiger partial charge in [-0.05, 0) is 47.0 Å². The molecule has 0 atom stereocenters. The average Bonchev–Trinajstić information content (AvgIpc) is 3.08. The molecule has 1 fully saturated rings. The van der Waals surface area contributed by atoms with Gasteiger partial charge in [-0.25, -0.2) is 4.39 Å². The summed E-state index contributed by atoms with van der Waals surface area (Å²) in [5.74, 6) is 1.86. The highest BCUT2D eigenvalue weighted by Gasteiger charge is 2.29. The van der Waals surface area contributed by atoms with E-state index in [-0.39, 0.29) is 12.4 Å². The second-order valence-electron chi connectivity index (χ2n) is 4.19. The van der Waals surface area contributed by atoms with Gasteiger partial charge in [0.05, 0.1) is 4.47 Å². The second kappa shape index (κ2) is 4.68. The number of ether oxygens (including phenoxy) is 1. The molecule has 0 aliphatic heterocycles. The van der Waals surface area contributed by atoms with Gasteiger partial charge in [0, 0.05) is 5.92 Å².